The zero-order valence-corrected chi connectivity index (χ0v) is 12.2. The van der Waals surface area contributed by atoms with Crippen LogP contribution in [0.15, 0.2) is 24.3 Å². The molecule has 1 N–H and O–H groups in total. The van der Waals surface area contributed by atoms with Gasteiger partial charge in [0.1, 0.15) is 11.7 Å². The van der Waals surface area contributed by atoms with Crippen LogP contribution in [0, 0.1) is 5.92 Å². The predicted molar refractivity (Wildman–Crippen MR) is 75.4 cm³/mol. The van der Waals surface area contributed by atoms with Gasteiger partial charge in [-0.2, -0.15) is 0 Å². The Morgan fingerprint density at radius 2 is 2.05 bits per heavy atom. The molecule has 1 aromatic carbocycles. The minimum absolute atomic E-state index is 0.121. The van der Waals surface area contributed by atoms with Gasteiger partial charge in [0.25, 0.3) is 5.91 Å². The molecule has 1 amide bonds. The number of likely N-dealkylation sites (N-methyl/N-ethyl adjacent to an activating group) is 1. The maximum Gasteiger partial charge on any atom is 0.311 e. The summed E-state index contributed by atoms with van der Waals surface area (Å²) in [6, 6.07) is 6.18. The Labute approximate surface area is 127 Å². The van der Waals surface area contributed by atoms with Gasteiger partial charge in [0, 0.05) is 12.1 Å². The summed E-state index contributed by atoms with van der Waals surface area (Å²) in [6.45, 7) is 0.177. The highest BCUT2D eigenvalue weighted by Crippen LogP contribution is 2.20. The van der Waals surface area contributed by atoms with Crippen LogP contribution in [0.5, 0.6) is 5.75 Å². The average Bonchev–Trinajstić information content (AvgIpc) is 2.95. The van der Waals surface area contributed by atoms with Crippen LogP contribution in [0.3, 0.4) is 0 Å². The van der Waals surface area contributed by atoms with Crippen LogP contribution < -0.4 is 4.74 Å². The topological polar surface area (TPSA) is 76.1 Å². The number of aliphatic carboxylic acids is 1. The lowest BCUT2D eigenvalue weighted by atomic mass is 10.0. The van der Waals surface area contributed by atoms with Gasteiger partial charge in [0.15, 0.2) is 6.61 Å². The fraction of sp³-hybridized carbons (Fsp3) is 0.429. The molecule has 0 spiro atoms. The molecule has 21 heavy (non-hydrogen) atoms. The second-order valence-corrected chi connectivity index (χ2v) is 5.23. The Hall–Kier alpha value is -1.79. The second kappa shape index (κ2) is 6.78. The maximum absolute atomic E-state index is 12.1. The van der Waals surface area contributed by atoms with E-state index >= 15 is 0 Å². The van der Waals surface area contributed by atoms with E-state index in [4.69, 9.17) is 26.2 Å². The van der Waals surface area contributed by atoms with Crippen molar-refractivity contribution < 1.29 is 24.2 Å². The third kappa shape index (κ3) is 3.86. The van der Waals surface area contributed by atoms with E-state index in [0.717, 1.165) is 0 Å². The number of carbonyl (C=O) groups excluding carboxylic acids is 1. The van der Waals surface area contributed by atoms with Crippen LogP contribution >= 0.6 is 11.6 Å². The summed E-state index contributed by atoms with van der Waals surface area (Å²) >= 11 is 5.76. The van der Waals surface area contributed by atoms with Crippen molar-refractivity contribution in [1.82, 2.24) is 4.90 Å². The molecule has 1 heterocycles. The van der Waals surface area contributed by atoms with Gasteiger partial charge in [-0.25, -0.2) is 0 Å². The van der Waals surface area contributed by atoms with Crippen molar-refractivity contribution in [3.05, 3.63) is 29.3 Å². The zero-order chi connectivity index (χ0) is 15.4. The van der Waals surface area contributed by atoms with Crippen LogP contribution in [0.1, 0.15) is 0 Å². The van der Waals surface area contributed by atoms with E-state index in [2.05, 4.69) is 0 Å². The van der Waals surface area contributed by atoms with Crippen LogP contribution in [0.4, 0.5) is 0 Å². The number of carboxylic acid groups (broad SMARTS) is 1. The Balaban J connectivity index is 1.90. The molecule has 6 nitrogen and oxygen atoms in total. The van der Waals surface area contributed by atoms with Gasteiger partial charge in [-0.1, -0.05) is 11.6 Å². The first-order valence-electron chi connectivity index (χ1n) is 6.43. The molecule has 2 atom stereocenters. The van der Waals surface area contributed by atoms with Gasteiger partial charge in [-0.15, -0.1) is 0 Å². The van der Waals surface area contributed by atoms with E-state index in [9.17, 15) is 9.59 Å². The number of hydrogen-bond donors (Lipinski definition) is 1. The predicted octanol–water partition coefficient (Wildman–Crippen LogP) is 1.28. The monoisotopic (exact) mass is 313 g/mol. The molecule has 0 aliphatic carbocycles. The highest BCUT2D eigenvalue weighted by molar-refractivity contribution is 6.30. The standard InChI is InChI=1S/C14H16ClNO5/c1-16(12-7-20-6-11(12)14(18)19)13(17)8-21-10-4-2-9(15)3-5-10/h2-5,11-12H,6-8H2,1H3,(H,18,19). The van der Waals surface area contributed by atoms with Gasteiger partial charge >= 0.3 is 5.97 Å². The molecule has 1 aliphatic rings. The van der Waals surface area contributed by atoms with Gasteiger partial charge in [-0.3, -0.25) is 9.59 Å². The molecule has 0 aromatic heterocycles. The molecule has 1 aliphatic heterocycles. The number of carbonyl (C=O) groups is 2. The van der Waals surface area contributed by atoms with Gasteiger partial charge < -0.3 is 19.5 Å². The first-order chi connectivity index (χ1) is 9.99. The van der Waals surface area contributed by atoms with Crippen molar-refractivity contribution >= 4 is 23.5 Å². The summed E-state index contributed by atoms with van der Waals surface area (Å²) in [4.78, 5) is 24.5. The summed E-state index contributed by atoms with van der Waals surface area (Å²) in [6.07, 6.45) is 0. The minimum Gasteiger partial charge on any atom is -0.484 e. The lowest BCUT2D eigenvalue weighted by Crippen LogP contribution is -2.45. The van der Waals surface area contributed by atoms with Crippen molar-refractivity contribution in [1.29, 1.82) is 0 Å². The van der Waals surface area contributed by atoms with E-state index in [1.807, 2.05) is 0 Å². The van der Waals surface area contributed by atoms with E-state index in [-0.39, 0.29) is 25.7 Å². The number of ether oxygens (including phenoxy) is 2. The third-order valence-electron chi connectivity index (χ3n) is 3.43. The summed E-state index contributed by atoms with van der Waals surface area (Å²) in [5.74, 6) is -1.43. The van der Waals surface area contributed by atoms with E-state index in [1.165, 1.54) is 4.90 Å². The van der Waals surface area contributed by atoms with Crippen molar-refractivity contribution in [3.8, 4) is 5.75 Å². The fourth-order valence-electron chi connectivity index (χ4n) is 2.12. The highest BCUT2D eigenvalue weighted by atomic mass is 35.5. The number of carboxylic acids is 1. The number of rotatable bonds is 5. The van der Waals surface area contributed by atoms with Crippen LogP contribution in [-0.2, 0) is 14.3 Å². The van der Waals surface area contributed by atoms with Crippen LogP contribution in [0.2, 0.25) is 5.02 Å². The Morgan fingerprint density at radius 1 is 1.38 bits per heavy atom. The summed E-state index contributed by atoms with van der Waals surface area (Å²) < 4.78 is 10.5. The molecule has 7 heteroatoms. The van der Waals surface area contributed by atoms with Crippen molar-refractivity contribution in [2.45, 2.75) is 6.04 Å². The number of benzene rings is 1. The van der Waals surface area contributed by atoms with Gasteiger partial charge in [0.05, 0.1) is 19.3 Å². The molecule has 1 saturated heterocycles. The first kappa shape index (κ1) is 15.6. The van der Waals surface area contributed by atoms with E-state index in [0.29, 0.717) is 10.8 Å². The summed E-state index contributed by atoms with van der Waals surface area (Å²) in [5, 5.41) is 9.67. The summed E-state index contributed by atoms with van der Waals surface area (Å²) in [7, 11) is 1.56. The molecule has 114 valence electrons. The lowest BCUT2D eigenvalue weighted by Gasteiger charge is -2.26. The van der Waals surface area contributed by atoms with E-state index in [1.54, 1.807) is 31.3 Å². The molecule has 0 bridgehead atoms. The molecule has 1 fully saturated rings. The Kier molecular flexibility index (Phi) is 5.03. The molecule has 0 saturated carbocycles. The molecular weight excluding hydrogens is 298 g/mol. The van der Waals surface area contributed by atoms with Crippen molar-refractivity contribution in [2.75, 3.05) is 26.9 Å². The second-order valence-electron chi connectivity index (χ2n) is 4.80. The summed E-state index contributed by atoms with van der Waals surface area (Å²) in [5.41, 5.74) is 0. The molecule has 2 rings (SSSR count). The largest absolute Gasteiger partial charge is 0.484 e. The zero-order valence-electron chi connectivity index (χ0n) is 11.5. The molecular formula is C14H16ClNO5. The average molecular weight is 314 g/mol. The first-order valence-corrected chi connectivity index (χ1v) is 6.81. The van der Waals surface area contributed by atoms with Crippen molar-refractivity contribution in [3.63, 3.8) is 0 Å². The smallest absolute Gasteiger partial charge is 0.311 e. The molecule has 0 radical (unpaired) electrons. The van der Waals surface area contributed by atoms with Crippen molar-refractivity contribution in [2.24, 2.45) is 5.92 Å². The minimum atomic E-state index is -0.962. The number of nitrogens with zero attached hydrogens (tertiary/aromatic N) is 1. The van der Waals surface area contributed by atoms with Gasteiger partial charge in [-0.05, 0) is 24.3 Å². The quantitative estimate of drug-likeness (QED) is 0.886. The fourth-order valence-corrected chi connectivity index (χ4v) is 2.25. The SMILES string of the molecule is CN(C(=O)COc1ccc(Cl)cc1)C1COCC1C(=O)O. The third-order valence-corrected chi connectivity index (χ3v) is 3.69. The van der Waals surface area contributed by atoms with Crippen LogP contribution in [0.25, 0.3) is 0 Å². The number of hydrogen-bond acceptors (Lipinski definition) is 4. The maximum atomic E-state index is 12.1. The number of halogens is 1. The Morgan fingerprint density at radius 3 is 2.67 bits per heavy atom. The normalized spacial score (nSPS) is 21.0. The van der Waals surface area contributed by atoms with Gasteiger partial charge in [0.2, 0.25) is 0 Å². The highest BCUT2D eigenvalue weighted by Gasteiger charge is 2.38. The van der Waals surface area contributed by atoms with E-state index < -0.39 is 17.9 Å². The van der Waals surface area contributed by atoms with Crippen LogP contribution in [-0.4, -0.2) is 54.8 Å². The number of amides is 1. The lowest BCUT2D eigenvalue weighted by molar-refractivity contribution is -0.144. The molecule has 2 unspecified atom stereocenters. The molecule has 1 aromatic rings. The Bertz CT molecular complexity index is 519.